The Morgan fingerprint density at radius 3 is 2.95 bits per heavy atom. The van der Waals surface area contributed by atoms with Crippen LogP contribution in [-0.2, 0) is 11.2 Å². The summed E-state index contributed by atoms with van der Waals surface area (Å²) in [7, 11) is 1.58. The summed E-state index contributed by atoms with van der Waals surface area (Å²) in [5, 5.41) is 12.8. The topological polar surface area (TPSA) is 71.5 Å². The Bertz CT molecular complexity index is 602. The molecule has 0 saturated carbocycles. The minimum Gasteiger partial charge on any atom is -0.497 e. The fourth-order valence-electron chi connectivity index (χ4n) is 2.07. The van der Waals surface area contributed by atoms with E-state index in [9.17, 15) is 9.90 Å². The van der Waals surface area contributed by atoms with Crippen molar-refractivity contribution < 1.29 is 14.6 Å². The highest BCUT2D eigenvalue weighted by Crippen LogP contribution is 2.18. The lowest BCUT2D eigenvalue weighted by atomic mass is 10.1. The fraction of sp³-hybridized carbons (Fsp3) is 0.294. The van der Waals surface area contributed by atoms with Crippen LogP contribution >= 0.6 is 0 Å². The molecule has 1 aromatic heterocycles. The summed E-state index contributed by atoms with van der Waals surface area (Å²) in [6.07, 6.45) is 3.70. The van der Waals surface area contributed by atoms with Crippen LogP contribution in [0.3, 0.4) is 0 Å². The van der Waals surface area contributed by atoms with E-state index < -0.39 is 6.10 Å². The zero-order valence-electron chi connectivity index (χ0n) is 12.5. The molecule has 1 heterocycles. The quantitative estimate of drug-likeness (QED) is 0.819. The number of hydrogen-bond donors (Lipinski definition) is 2. The minimum atomic E-state index is -0.752. The van der Waals surface area contributed by atoms with Crippen molar-refractivity contribution in [2.45, 2.75) is 18.9 Å². The maximum absolute atomic E-state index is 11.8. The van der Waals surface area contributed by atoms with E-state index in [-0.39, 0.29) is 12.5 Å². The number of carbonyl (C=O) groups is 1. The highest BCUT2D eigenvalue weighted by atomic mass is 16.5. The van der Waals surface area contributed by atoms with Gasteiger partial charge in [-0.05, 0) is 35.7 Å². The summed E-state index contributed by atoms with van der Waals surface area (Å²) in [5.41, 5.74) is 1.73. The molecule has 0 aliphatic rings. The number of aliphatic hydroxyl groups excluding tert-OH is 1. The number of nitrogens with one attached hydrogen (secondary N) is 1. The van der Waals surface area contributed by atoms with Gasteiger partial charge in [-0.15, -0.1) is 0 Å². The number of carbonyl (C=O) groups excluding carboxylic acids is 1. The van der Waals surface area contributed by atoms with Crippen molar-refractivity contribution in [3.8, 4) is 5.75 Å². The van der Waals surface area contributed by atoms with Crippen molar-refractivity contribution in [2.24, 2.45) is 0 Å². The molecule has 2 N–H and O–H groups in total. The van der Waals surface area contributed by atoms with Crippen molar-refractivity contribution in [1.29, 1.82) is 0 Å². The third-order valence-electron chi connectivity index (χ3n) is 3.33. The van der Waals surface area contributed by atoms with Crippen LogP contribution in [0.2, 0.25) is 0 Å². The molecule has 116 valence electrons. The fourth-order valence-corrected chi connectivity index (χ4v) is 2.07. The Morgan fingerprint density at radius 1 is 1.36 bits per heavy atom. The van der Waals surface area contributed by atoms with Gasteiger partial charge >= 0.3 is 0 Å². The van der Waals surface area contributed by atoms with E-state index in [0.29, 0.717) is 24.2 Å². The molecule has 1 amide bonds. The third kappa shape index (κ3) is 4.86. The number of hydrogen-bond acceptors (Lipinski definition) is 4. The molecule has 0 spiro atoms. The van der Waals surface area contributed by atoms with Gasteiger partial charge in [-0.2, -0.15) is 0 Å². The Balaban J connectivity index is 1.77. The summed E-state index contributed by atoms with van der Waals surface area (Å²) in [5.74, 6) is 0.588. The molecule has 1 aromatic carbocycles. The first-order valence-corrected chi connectivity index (χ1v) is 7.16. The second kappa shape index (κ2) is 8.14. The van der Waals surface area contributed by atoms with Gasteiger partial charge in [-0.1, -0.05) is 18.2 Å². The number of aliphatic hydroxyl groups is 1. The first kappa shape index (κ1) is 16.0. The SMILES string of the molecule is COc1cccc(C(O)CNC(=O)CCc2cccnc2)c1. The van der Waals surface area contributed by atoms with Crippen molar-refractivity contribution in [1.82, 2.24) is 10.3 Å². The van der Waals surface area contributed by atoms with Crippen LogP contribution in [0.4, 0.5) is 0 Å². The molecular formula is C17H20N2O3. The maximum atomic E-state index is 11.8. The van der Waals surface area contributed by atoms with Gasteiger partial charge in [0, 0.05) is 25.4 Å². The Hall–Kier alpha value is -2.40. The standard InChI is InChI=1S/C17H20N2O3/c1-22-15-6-2-5-14(10-15)16(20)12-19-17(21)8-7-13-4-3-9-18-11-13/h2-6,9-11,16,20H,7-8,12H2,1H3,(H,19,21). The first-order chi connectivity index (χ1) is 10.7. The molecule has 2 rings (SSSR count). The zero-order valence-corrected chi connectivity index (χ0v) is 12.5. The van der Waals surface area contributed by atoms with E-state index in [1.165, 1.54) is 0 Å². The summed E-state index contributed by atoms with van der Waals surface area (Å²) in [4.78, 5) is 15.8. The molecule has 5 nitrogen and oxygen atoms in total. The lowest BCUT2D eigenvalue weighted by molar-refractivity contribution is -0.121. The summed E-state index contributed by atoms with van der Waals surface area (Å²) in [6, 6.07) is 11.0. The number of amides is 1. The Labute approximate surface area is 130 Å². The number of benzene rings is 1. The van der Waals surface area contributed by atoms with Crippen molar-refractivity contribution in [3.63, 3.8) is 0 Å². The minimum absolute atomic E-state index is 0.0919. The summed E-state index contributed by atoms with van der Waals surface area (Å²) >= 11 is 0. The number of aryl methyl sites for hydroxylation is 1. The van der Waals surface area contributed by atoms with E-state index >= 15 is 0 Å². The molecule has 2 aromatic rings. The summed E-state index contributed by atoms with van der Waals surface area (Å²) < 4.78 is 5.11. The van der Waals surface area contributed by atoms with Gasteiger partial charge in [-0.25, -0.2) is 0 Å². The average molecular weight is 300 g/mol. The van der Waals surface area contributed by atoms with E-state index in [1.807, 2.05) is 24.3 Å². The number of methoxy groups -OCH3 is 1. The van der Waals surface area contributed by atoms with Crippen LogP contribution in [0.25, 0.3) is 0 Å². The lowest BCUT2D eigenvalue weighted by Gasteiger charge is -2.13. The van der Waals surface area contributed by atoms with Gasteiger partial charge < -0.3 is 15.2 Å². The van der Waals surface area contributed by atoms with E-state index in [2.05, 4.69) is 10.3 Å². The predicted octanol–water partition coefficient (Wildman–Crippen LogP) is 1.87. The van der Waals surface area contributed by atoms with Crippen LogP contribution < -0.4 is 10.1 Å². The molecule has 1 atom stereocenters. The second-order valence-corrected chi connectivity index (χ2v) is 4.96. The number of aromatic nitrogens is 1. The summed E-state index contributed by atoms with van der Waals surface area (Å²) in [6.45, 7) is 0.180. The van der Waals surface area contributed by atoms with Gasteiger partial charge in [-0.3, -0.25) is 9.78 Å². The van der Waals surface area contributed by atoms with Gasteiger partial charge in [0.25, 0.3) is 0 Å². The van der Waals surface area contributed by atoms with E-state index in [0.717, 1.165) is 5.56 Å². The van der Waals surface area contributed by atoms with Gasteiger partial charge in [0.05, 0.1) is 13.2 Å². The number of nitrogens with zero attached hydrogens (tertiary/aromatic N) is 1. The van der Waals surface area contributed by atoms with Crippen LogP contribution in [0.5, 0.6) is 5.75 Å². The van der Waals surface area contributed by atoms with Crippen molar-refractivity contribution in [2.75, 3.05) is 13.7 Å². The molecule has 0 saturated heterocycles. The molecular weight excluding hydrogens is 280 g/mol. The highest BCUT2D eigenvalue weighted by Gasteiger charge is 2.10. The normalized spacial score (nSPS) is 11.7. The molecule has 0 bridgehead atoms. The highest BCUT2D eigenvalue weighted by molar-refractivity contribution is 5.76. The molecule has 22 heavy (non-hydrogen) atoms. The number of ether oxygens (including phenoxy) is 1. The maximum Gasteiger partial charge on any atom is 0.220 e. The van der Waals surface area contributed by atoms with Crippen molar-refractivity contribution >= 4 is 5.91 Å². The Kier molecular flexibility index (Phi) is 5.91. The molecule has 0 radical (unpaired) electrons. The van der Waals surface area contributed by atoms with Gasteiger partial charge in [0.1, 0.15) is 5.75 Å². The molecule has 0 fully saturated rings. The molecule has 0 aliphatic carbocycles. The number of pyridine rings is 1. The van der Waals surface area contributed by atoms with Crippen LogP contribution in [-0.4, -0.2) is 29.7 Å². The van der Waals surface area contributed by atoms with Crippen LogP contribution in [0.15, 0.2) is 48.8 Å². The zero-order chi connectivity index (χ0) is 15.8. The molecule has 0 aliphatic heterocycles. The Morgan fingerprint density at radius 2 is 2.23 bits per heavy atom. The monoisotopic (exact) mass is 300 g/mol. The third-order valence-corrected chi connectivity index (χ3v) is 3.33. The molecule has 5 heteroatoms. The number of rotatable bonds is 7. The largest absolute Gasteiger partial charge is 0.497 e. The smallest absolute Gasteiger partial charge is 0.220 e. The van der Waals surface area contributed by atoms with Crippen LogP contribution in [0, 0.1) is 0 Å². The van der Waals surface area contributed by atoms with E-state index in [4.69, 9.17) is 4.74 Å². The van der Waals surface area contributed by atoms with E-state index in [1.54, 1.807) is 31.6 Å². The first-order valence-electron chi connectivity index (χ1n) is 7.16. The van der Waals surface area contributed by atoms with Gasteiger partial charge in [0.2, 0.25) is 5.91 Å². The predicted molar refractivity (Wildman–Crippen MR) is 83.5 cm³/mol. The average Bonchev–Trinajstić information content (AvgIpc) is 2.58. The lowest BCUT2D eigenvalue weighted by Crippen LogP contribution is -2.28. The van der Waals surface area contributed by atoms with Gasteiger partial charge in [0.15, 0.2) is 0 Å². The second-order valence-electron chi connectivity index (χ2n) is 4.96. The van der Waals surface area contributed by atoms with Crippen molar-refractivity contribution in [3.05, 3.63) is 59.9 Å². The van der Waals surface area contributed by atoms with Crippen LogP contribution in [0.1, 0.15) is 23.7 Å². The molecule has 1 unspecified atom stereocenters.